The number of para-hydroxylation sites is 1. The first-order chi connectivity index (χ1) is 13.6. The van der Waals surface area contributed by atoms with E-state index in [4.69, 9.17) is 13.9 Å². The number of anilines is 1. The van der Waals surface area contributed by atoms with E-state index in [1.807, 2.05) is 0 Å². The van der Waals surface area contributed by atoms with Crippen LogP contribution in [0.5, 0.6) is 11.5 Å². The van der Waals surface area contributed by atoms with Crippen molar-refractivity contribution in [1.82, 2.24) is 0 Å². The van der Waals surface area contributed by atoms with Gasteiger partial charge in [-0.05, 0) is 48.5 Å². The summed E-state index contributed by atoms with van der Waals surface area (Å²) in [5.41, 5.74) is 1.47. The van der Waals surface area contributed by atoms with Crippen LogP contribution in [0.3, 0.4) is 0 Å². The molecule has 1 aromatic heterocycles. The van der Waals surface area contributed by atoms with Crippen molar-refractivity contribution in [3.8, 4) is 11.5 Å². The predicted molar refractivity (Wildman–Crippen MR) is 107 cm³/mol. The summed E-state index contributed by atoms with van der Waals surface area (Å²) in [6.07, 6.45) is 0. The van der Waals surface area contributed by atoms with Crippen molar-refractivity contribution in [2.24, 2.45) is 0 Å². The van der Waals surface area contributed by atoms with Gasteiger partial charge in [-0.2, -0.15) is 0 Å². The Balaban J connectivity index is 1.49. The number of fused-ring (bicyclic) bond motifs is 2. The second kappa shape index (κ2) is 7.44. The van der Waals surface area contributed by atoms with Gasteiger partial charge in [-0.25, -0.2) is 0 Å². The minimum atomic E-state index is -0.301. The van der Waals surface area contributed by atoms with E-state index in [2.05, 4.69) is 5.32 Å². The molecule has 140 valence electrons. The van der Waals surface area contributed by atoms with Gasteiger partial charge in [0.1, 0.15) is 22.7 Å². The molecule has 0 unspecified atom stereocenters. The average Bonchev–Trinajstić information content (AvgIpc) is 2.73. The second-order valence-corrected chi connectivity index (χ2v) is 6.15. The zero-order chi connectivity index (χ0) is 19.5. The van der Waals surface area contributed by atoms with Gasteiger partial charge in [0.05, 0.1) is 17.9 Å². The molecule has 0 saturated carbocycles. The Morgan fingerprint density at radius 2 is 1.64 bits per heavy atom. The third kappa shape index (κ3) is 3.53. The molecule has 0 fully saturated rings. The van der Waals surface area contributed by atoms with E-state index in [9.17, 15) is 9.59 Å². The Bertz CT molecular complexity index is 1210. The van der Waals surface area contributed by atoms with Crippen LogP contribution in [0.4, 0.5) is 5.69 Å². The molecule has 0 aliphatic carbocycles. The van der Waals surface area contributed by atoms with E-state index >= 15 is 0 Å². The van der Waals surface area contributed by atoms with Crippen molar-refractivity contribution < 1.29 is 18.7 Å². The number of rotatable bonds is 5. The Morgan fingerprint density at radius 1 is 0.929 bits per heavy atom. The third-order valence-corrected chi connectivity index (χ3v) is 4.29. The van der Waals surface area contributed by atoms with Gasteiger partial charge in [0.15, 0.2) is 6.61 Å². The highest BCUT2D eigenvalue weighted by Crippen LogP contribution is 2.23. The molecule has 6 heteroatoms. The second-order valence-electron chi connectivity index (χ2n) is 6.15. The number of carbonyl (C=O) groups is 1. The van der Waals surface area contributed by atoms with E-state index in [-0.39, 0.29) is 17.9 Å². The average molecular weight is 375 g/mol. The van der Waals surface area contributed by atoms with Crippen LogP contribution in [0, 0.1) is 0 Å². The molecule has 0 aliphatic heterocycles. The molecule has 6 nitrogen and oxygen atoms in total. The number of hydrogen-bond donors (Lipinski definition) is 1. The molecule has 1 heterocycles. The third-order valence-electron chi connectivity index (χ3n) is 4.29. The largest absolute Gasteiger partial charge is 0.497 e. The summed E-state index contributed by atoms with van der Waals surface area (Å²) in [7, 11) is 1.58. The van der Waals surface area contributed by atoms with Crippen LogP contribution >= 0.6 is 0 Å². The lowest BCUT2D eigenvalue weighted by Crippen LogP contribution is -2.20. The van der Waals surface area contributed by atoms with E-state index in [1.165, 1.54) is 0 Å². The normalized spacial score (nSPS) is 10.8. The fraction of sp³-hybridized carbons (Fsp3) is 0.0909. The number of methoxy groups -OCH3 is 1. The predicted octanol–water partition coefficient (Wildman–Crippen LogP) is 3.97. The zero-order valence-corrected chi connectivity index (χ0v) is 15.1. The highest BCUT2D eigenvalue weighted by atomic mass is 16.5. The minimum absolute atomic E-state index is 0.0966. The van der Waals surface area contributed by atoms with Crippen LogP contribution in [-0.4, -0.2) is 19.6 Å². The molecule has 4 aromatic rings. The number of ether oxygens (including phenoxy) is 2. The van der Waals surface area contributed by atoms with Crippen molar-refractivity contribution in [2.45, 2.75) is 0 Å². The topological polar surface area (TPSA) is 77.8 Å². The number of amides is 1. The van der Waals surface area contributed by atoms with Gasteiger partial charge in [0.25, 0.3) is 5.91 Å². The van der Waals surface area contributed by atoms with E-state index in [1.54, 1.807) is 73.8 Å². The van der Waals surface area contributed by atoms with Gasteiger partial charge < -0.3 is 19.2 Å². The number of carbonyl (C=O) groups excluding carboxylic acids is 1. The van der Waals surface area contributed by atoms with Gasteiger partial charge in [0, 0.05) is 11.8 Å². The zero-order valence-electron chi connectivity index (χ0n) is 15.1. The fourth-order valence-corrected chi connectivity index (χ4v) is 2.89. The van der Waals surface area contributed by atoms with E-state index in [0.29, 0.717) is 39.1 Å². The summed E-state index contributed by atoms with van der Waals surface area (Å²) in [6.45, 7) is -0.171. The first kappa shape index (κ1) is 17.6. The molecule has 0 aliphatic rings. The molecule has 0 saturated heterocycles. The van der Waals surface area contributed by atoms with Crippen LogP contribution < -0.4 is 20.2 Å². The van der Waals surface area contributed by atoms with Gasteiger partial charge >= 0.3 is 0 Å². The molecular formula is C22H17NO5. The molecule has 0 spiro atoms. The van der Waals surface area contributed by atoms with Gasteiger partial charge in [-0.3, -0.25) is 9.59 Å². The van der Waals surface area contributed by atoms with Crippen LogP contribution in [0.15, 0.2) is 75.9 Å². The first-order valence-corrected chi connectivity index (χ1v) is 8.66. The lowest BCUT2D eigenvalue weighted by atomic mass is 10.1. The van der Waals surface area contributed by atoms with Crippen molar-refractivity contribution in [2.75, 3.05) is 19.0 Å². The van der Waals surface area contributed by atoms with Crippen LogP contribution in [0.25, 0.3) is 21.9 Å². The summed E-state index contributed by atoms with van der Waals surface area (Å²) in [5, 5.41) is 3.74. The molecule has 3 aromatic carbocycles. The monoisotopic (exact) mass is 375 g/mol. The van der Waals surface area contributed by atoms with Crippen molar-refractivity contribution in [3.63, 3.8) is 0 Å². The molecule has 4 rings (SSSR count). The maximum atomic E-state index is 12.5. The SMILES string of the molecule is COc1ccc(NC(=O)COc2ccc3c(=O)c4ccccc4oc3c2)cc1. The van der Waals surface area contributed by atoms with Crippen LogP contribution in [0.1, 0.15) is 0 Å². The lowest BCUT2D eigenvalue weighted by Gasteiger charge is -2.09. The quantitative estimate of drug-likeness (QED) is 0.534. The Hall–Kier alpha value is -3.80. The Morgan fingerprint density at radius 3 is 2.43 bits per heavy atom. The summed E-state index contributed by atoms with van der Waals surface area (Å²) in [4.78, 5) is 24.6. The standard InChI is InChI=1S/C22H17NO5/c1-26-15-8-6-14(7-9-15)23-21(24)13-27-16-10-11-18-20(12-16)28-19-5-3-2-4-17(19)22(18)25/h2-12H,13H2,1H3,(H,23,24). The first-order valence-electron chi connectivity index (χ1n) is 8.66. The highest BCUT2D eigenvalue weighted by Gasteiger charge is 2.09. The van der Waals surface area contributed by atoms with Crippen molar-refractivity contribution in [3.05, 3.63) is 77.0 Å². The molecule has 0 radical (unpaired) electrons. The molecule has 1 amide bonds. The minimum Gasteiger partial charge on any atom is -0.497 e. The van der Waals surface area contributed by atoms with Crippen molar-refractivity contribution in [1.29, 1.82) is 0 Å². The summed E-state index contributed by atoms with van der Waals surface area (Å²) in [5.74, 6) is 0.848. The van der Waals surface area contributed by atoms with Gasteiger partial charge in [0.2, 0.25) is 5.43 Å². The van der Waals surface area contributed by atoms with Gasteiger partial charge in [-0.1, -0.05) is 12.1 Å². The molecule has 28 heavy (non-hydrogen) atoms. The van der Waals surface area contributed by atoms with Crippen molar-refractivity contribution >= 4 is 33.5 Å². The van der Waals surface area contributed by atoms with Crippen LogP contribution in [0.2, 0.25) is 0 Å². The number of hydrogen-bond acceptors (Lipinski definition) is 5. The number of benzene rings is 3. The van der Waals surface area contributed by atoms with Gasteiger partial charge in [-0.15, -0.1) is 0 Å². The smallest absolute Gasteiger partial charge is 0.262 e. The Kier molecular flexibility index (Phi) is 4.68. The lowest BCUT2D eigenvalue weighted by molar-refractivity contribution is -0.118. The van der Waals surface area contributed by atoms with Crippen LogP contribution in [-0.2, 0) is 4.79 Å². The maximum absolute atomic E-state index is 12.5. The van der Waals surface area contributed by atoms with E-state index in [0.717, 1.165) is 0 Å². The number of nitrogens with one attached hydrogen (secondary N) is 1. The maximum Gasteiger partial charge on any atom is 0.262 e. The summed E-state index contributed by atoms with van der Waals surface area (Å²) >= 11 is 0. The highest BCUT2D eigenvalue weighted by molar-refractivity contribution is 5.92. The summed E-state index contributed by atoms with van der Waals surface area (Å²) < 4.78 is 16.4. The Labute approximate surface area is 160 Å². The summed E-state index contributed by atoms with van der Waals surface area (Å²) in [6, 6.07) is 19.0. The molecule has 1 N–H and O–H groups in total. The molecule has 0 atom stereocenters. The fourth-order valence-electron chi connectivity index (χ4n) is 2.89. The molecule has 0 bridgehead atoms. The van der Waals surface area contributed by atoms with E-state index < -0.39 is 0 Å². The molecular weight excluding hydrogens is 358 g/mol.